The Kier molecular flexibility index (Phi) is 3.22. The number of benzene rings is 1. The fourth-order valence-corrected chi connectivity index (χ4v) is 3.23. The van der Waals surface area contributed by atoms with Gasteiger partial charge in [0.25, 0.3) is 0 Å². The molecule has 3 heterocycles. The highest BCUT2D eigenvalue weighted by atomic mass is 16.5. The number of esters is 1. The van der Waals surface area contributed by atoms with Crippen LogP contribution in [0.1, 0.15) is 17.9 Å². The number of methoxy groups -OCH3 is 1. The maximum Gasteiger partial charge on any atom is 0.306 e. The second-order valence-electron chi connectivity index (χ2n) is 5.58. The maximum absolute atomic E-state index is 11.7. The average Bonchev–Trinajstić information content (AvgIpc) is 3.19. The van der Waals surface area contributed by atoms with Crippen LogP contribution in [0.5, 0.6) is 0 Å². The smallest absolute Gasteiger partial charge is 0.306 e. The summed E-state index contributed by atoms with van der Waals surface area (Å²) >= 11 is 0. The summed E-state index contributed by atoms with van der Waals surface area (Å²) in [6.07, 6.45) is 3.78. The van der Waals surface area contributed by atoms with E-state index in [4.69, 9.17) is 4.74 Å². The number of hydrogen-bond acceptors (Lipinski definition) is 5. The topological polar surface area (TPSA) is 71.1 Å². The van der Waals surface area contributed by atoms with E-state index >= 15 is 0 Å². The van der Waals surface area contributed by atoms with Gasteiger partial charge in [0.05, 0.1) is 18.9 Å². The number of carbonyl (C=O) groups is 1. The number of anilines is 2. The summed E-state index contributed by atoms with van der Waals surface area (Å²) < 4.78 is 4.84. The molecule has 1 N–H and O–H groups in total. The number of aromatic amines is 1. The minimum absolute atomic E-state index is 0.0996. The first-order valence-electron chi connectivity index (χ1n) is 7.49. The van der Waals surface area contributed by atoms with Gasteiger partial charge in [0.15, 0.2) is 0 Å². The lowest BCUT2D eigenvalue weighted by Gasteiger charge is -2.19. The first-order chi connectivity index (χ1) is 11.3. The predicted molar refractivity (Wildman–Crippen MR) is 86.7 cm³/mol. The predicted octanol–water partition coefficient (Wildman–Crippen LogP) is 2.76. The zero-order valence-corrected chi connectivity index (χ0v) is 12.7. The van der Waals surface area contributed by atoms with Crippen LogP contribution in [0.15, 0.2) is 42.9 Å². The van der Waals surface area contributed by atoms with Crippen LogP contribution in [0.2, 0.25) is 0 Å². The van der Waals surface area contributed by atoms with E-state index in [-0.39, 0.29) is 11.9 Å². The van der Waals surface area contributed by atoms with Gasteiger partial charge in [0.1, 0.15) is 17.8 Å². The van der Waals surface area contributed by atoms with Crippen LogP contribution < -0.4 is 4.90 Å². The van der Waals surface area contributed by atoms with Crippen LogP contribution in [0, 0.1) is 0 Å². The summed E-state index contributed by atoms with van der Waals surface area (Å²) in [5, 5.41) is 0.973. The SMILES string of the molecule is COC(=O)CC1CN(c2ncnc3[nH]ccc23)c2ccccc21. The van der Waals surface area contributed by atoms with Crippen LogP contribution >= 0.6 is 0 Å². The monoisotopic (exact) mass is 308 g/mol. The number of nitrogens with one attached hydrogen (secondary N) is 1. The van der Waals surface area contributed by atoms with Gasteiger partial charge in [-0.05, 0) is 17.7 Å². The number of ether oxygens (including phenoxy) is 1. The van der Waals surface area contributed by atoms with E-state index in [0.717, 1.165) is 28.1 Å². The van der Waals surface area contributed by atoms with Gasteiger partial charge in [-0.3, -0.25) is 4.79 Å². The van der Waals surface area contributed by atoms with Crippen LogP contribution in [-0.4, -0.2) is 34.6 Å². The van der Waals surface area contributed by atoms with E-state index in [1.807, 2.05) is 24.4 Å². The van der Waals surface area contributed by atoms with Crippen molar-refractivity contribution in [3.8, 4) is 0 Å². The Morgan fingerprint density at radius 1 is 1.35 bits per heavy atom. The van der Waals surface area contributed by atoms with E-state index in [2.05, 4.69) is 32.0 Å². The number of para-hydroxylation sites is 1. The molecule has 0 spiro atoms. The number of nitrogens with zero attached hydrogens (tertiary/aromatic N) is 3. The van der Waals surface area contributed by atoms with Gasteiger partial charge in [0.2, 0.25) is 0 Å². The first-order valence-corrected chi connectivity index (χ1v) is 7.49. The molecule has 6 heteroatoms. The zero-order chi connectivity index (χ0) is 15.8. The normalized spacial score (nSPS) is 16.6. The highest BCUT2D eigenvalue weighted by Crippen LogP contribution is 2.43. The van der Waals surface area contributed by atoms with Gasteiger partial charge in [-0.2, -0.15) is 0 Å². The number of carbonyl (C=O) groups excluding carboxylic acids is 1. The third-order valence-electron chi connectivity index (χ3n) is 4.30. The fourth-order valence-electron chi connectivity index (χ4n) is 3.23. The van der Waals surface area contributed by atoms with Crippen molar-refractivity contribution in [2.24, 2.45) is 0 Å². The van der Waals surface area contributed by atoms with Gasteiger partial charge in [0, 0.05) is 24.3 Å². The van der Waals surface area contributed by atoms with Crippen molar-refractivity contribution in [3.63, 3.8) is 0 Å². The Labute approximate surface area is 133 Å². The molecule has 1 atom stereocenters. The zero-order valence-electron chi connectivity index (χ0n) is 12.7. The highest BCUT2D eigenvalue weighted by Gasteiger charge is 2.32. The molecule has 0 bridgehead atoms. The Morgan fingerprint density at radius 3 is 3.09 bits per heavy atom. The molecular weight excluding hydrogens is 292 g/mol. The molecule has 4 rings (SSSR count). The molecule has 116 valence electrons. The van der Waals surface area contributed by atoms with Crippen molar-refractivity contribution in [3.05, 3.63) is 48.4 Å². The van der Waals surface area contributed by atoms with Crippen molar-refractivity contribution < 1.29 is 9.53 Å². The molecule has 0 aliphatic carbocycles. The molecule has 1 aromatic carbocycles. The average molecular weight is 308 g/mol. The maximum atomic E-state index is 11.7. The van der Waals surface area contributed by atoms with Crippen molar-refractivity contribution in [2.45, 2.75) is 12.3 Å². The second-order valence-corrected chi connectivity index (χ2v) is 5.58. The summed E-state index contributed by atoms with van der Waals surface area (Å²) in [7, 11) is 1.43. The Bertz CT molecular complexity index is 874. The fraction of sp³-hybridized carbons (Fsp3) is 0.235. The van der Waals surface area contributed by atoms with Gasteiger partial charge >= 0.3 is 5.97 Å². The van der Waals surface area contributed by atoms with Gasteiger partial charge in [-0.25, -0.2) is 9.97 Å². The first kappa shape index (κ1) is 13.8. The van der Waals surface area contributed by atoms with Gasteiger partial charge in [-0.1, -0.05) is 18.2 Å². The van der Waals surface area contributed by atoms with E-state index in [9.17, 15) is 4.79 Å². The summed E-state index contributed by atoms with van der Waals surface area (Å²) in [6, 6.07) is 10.1. The molecule has 1 aliphatic heterocycles. The van der Waals surface area contributed by atoms with Crippen molar-refractivity contribution in [2.75, 3.05) is 18.6 Å². The van der Waals surface area contributed by atoms with Gasteiger partial charge < -0.3 is 14.6 Å². The number of hydrogen-bond donors (Lipinski definition) is 1. The van der Waals surface area contributed by atoms with Gasteiger partial charge in [-0.15, -0.1) is 0 Å². The minimum Gasteiger partial charge on any atom is -0.469 e. The molecule has 0 radical (unpaired) electrons. The van der Waals surface area contributed by atoms with Crippen LogP contribution in [0.3, 0.4) is 0 Å². The molecule has 23 heavy (non-hydrogen) atoms. The number of aromatic nitrogens is 3. The molecule has 0 saturated carbocycles. The van der Waals surface area contributed by atoms with Crippen molar-refractivity contribution >= 4 is 28.5 Å². The van der Waals surface area contributed by atoms with Crippen molar-refractivity contribution in [1.29, 1.82) is 0 Å². The summed E-state index contributed by atoms with van der Waals surface area (Å²) in [5.74, 6) is 0.764. The number of H-pyrrole nitrogens is 1. The van der Waals surface area contributed by atoms with E-state index in [1.54, 1.807) is 6.33 Å². The quantitative estimate of drug-likeness (QED) is 0.753. The van der Waals surface area contributed by atoms with E-state index in [1.165, 1.54) is 7.11 Å². The lowest BCUT2D eigenvalue weighted by Crippen LogP contribution is -2.19. The summed E-state index contributed by atoms with van der Waals surface area (Å²) in [5.41, 5.74) is 3.05. The molecule has 2 aromatic heterocycles. The molecule has 0 saturated heterocycles. The van der Waals surface area contributed by atoms with E-state index < -0.39 is 0 Å². The van der Waals surface area contributed by atoms with E-state index in [0.29, 0.717) is 13.0 Å². The molecule has 3 aromatic rings. The Morgan fingerprint density at radius 2 is 2.22 bits per heavy atom. The number of fused-ring (bicyclic) bond motifs is 2. The molecule has 1 unspecified atom stereocenters. The Hall–Kier alpha value is -2.89. The third kappa shape index (κ3) is 2.23. The Balaban J connectivity index is 1.78. The standard InChI is InChI=1S/C17H16N4O2/c1-23-15(22)8-11-9-21(14-5-3-2-4-12(11)14)17-13-6-7-18-16(13)19-10-20-17/h2-7,10-11H,8-9H2,1H3,(H,18,19,20). The van der Waals surface area contributed by atoms with Crippen molar-refractivity contribution in [1.82, 2.24) is 15.0 Å². The minimum atomic E-state index is -0.193. The molecule has 6 nitrogen and oxygen atoms in total. The van der Waals surface area contributed by atoms with Crippen LogP contribution in [-0.2, 0) is 9.53 Å². The third-order valence-corrected chi connectivity index (χ3v) is 4.30. The number of rotatable bonds is 3. The molecule has 0 amide bonds. The molecule has 0 fully saturated rings. The summed E-state index contributed by atoms with van der Waals surface area (Å²) in [6.45, 7) is 0.700. The van der Waals surface area contributed by atoms with Crippen LogP contribution in [0.4, 0.5) is 11.5 Å². The second kappa shape index (κ2) is 5.39. The lowest BCUT2D eigenvalue weighted by atomic mass is 9.98. The summed E-state index contributed by atoms with van der Waals surface area (Å²) in [4.78, 5) is 25.7. The largest absolute Gasteiger partial charge is 0.469 e. The highest BCUT2D eigenvalue weighted by molar-refractivity contribution is 5.91. The molecule has 1 aliphatic rings. The van der Waals surface area contributed by atoms with Crippen LogP contribution in [0.25, 0.3) is 11.0 Å². The molecular formula is C17H16N4O2. The lowest BCUT2D eigenvalue weighted by molar-refractivity contribution is -0.140.